The van der Waals surface area contributed by atoms with Gasteiger partial charge in [-0.2, -0.15) is 0 Å². The Kier molecular flexibility index (Phi) is 3.11. The van der Waals surface area contributed by atoms with E-state index < -0.39 is 0 Å². The Morgan fingerprint density at radius 3 is 2.75 bits per heavy atom. The molecule has 0 amide bonds. The highest BCUT2D eigenvalue weighted by atomic mass is 79.9. The molecule has 0 saturated carbocycles. The van der Waals surface area contributed by atoms with Gasteiger partial charge in [0.05, 0.1) is 4.47 Å². The summed E-state index contributed by atoms with van der Waals surface area (Å²) in [5.41, 5.74) is 0.958. The first kappa shape index (κ1) is 9.98. The number of rotatable bonds is 1. The Morgan fingerprint density at radius 2 is 2.25 bits per heavy atom. The van der Waals surface area contributed by atoms with Crippen LogP contribution in [0.4, 0.5) is 0 Å². The summed E-state index contributed by atoms with van der Waals surface area (Å²) in [7, 11) is 0. The molecule has 0 aliphatic carbocycles. The number of hydrogen-bond acceptors (Lipinski definition) is 2. The number of halogens is 1. The van der Waals surface area contributed by atoms with Crippen LogP contribution in [0.25, 0.3) is 0 Å². The van der Waals surface area contributed by atoms with E-state index in [9.17, 15) is 4.79 Å². The van der Waals surface area contributed by atoms with Gasteiger partial charge in [-0.1, -0.05) is 13.8 Å². The van der Waals surface area contributed by atoms with Crippen molar-refractivity contribution in [3.63, 3.8) is 0 Å². The second-order valence-electron chi connectivity index (χ2n) is 3.00. The minimum Gasteiger partial charge on any atom is -0.337 e. The monoisotopic (exact) mass is 244 g/mol. The van der Waals surface area contributed by atoms with Crippen molar-refractivity contribution >= 4 is 32.4 Å². The van der Waals surface area contributed by atoms with E-state index in [1.165, 1.54) is 3.67 Å². The lowest BCUT2D eigenvalue weighted by Gasteiger charge is -2.07. The summed E-state index contributed by atoms with van der Waals surface area (Å²) in [6, 6.07) is 0. The van der Waals surface area contributed by atoms with Gasteiger partial charge in [0.1, 0.15) is 0 Å². The lowest BCUT2D eigenvalue weighted by molar-refractivity contribution is 0.800. The van der Waals surface area contributed by atoms with Gasteiger partial charge in [0.15, 0.2) is 0 Å². The molecule has 0 fully saturated rings. The zero-order chi connectivity index (χ0) is 9.30. The molecule has 0 unspecified atom stereocenters. The van der Waals surface area contributed by atoms with E-state index in [1.54, 1.807) is 6.20 Å². The van der Waals surface area contributed by atoms with Gasteiger partial charge in [-0.3, -0.25) is 4.79 Å². The predicted octanol–water partition coefficient (Wildman–Crippen LogP) is 0.525. The Hall–Kier alpha value is -0.108. The number of aromatic nitrogens is 2. The summed E-state index contributed by atoms with van der Waals surface area (Å²) in [6.45, 7) is 4.08. The van der Waals surface area contributed by atoms with Gasteiger partial charge in [0.25, 0.3) is 5.56 Å². The van der Waals surface area contributed by atoms with Crippen LogP contribution >= 0.6 is 15.9 Å². The van der Waals surface area contributed by atoms with Gasteiger partial charge in [-0.15, -0.1) is 0 Å². The Morgan fingerprint density at radius 1 is 1.67 bits per heavy atom. The summed E-state index contributed by atoms with van der Waals surface area (Å²) in [4.78, 5) is 11.4. The molecule has 0 N–H and O–H groups in total. The van der Waals surface area contributed by atoms with E-state index in [4.69, 9.17) is 0 Å². The molecule has 0 aliphatic heterocycles. The van der Waals surface area contributed by atoms with Gasteiger partial charge in [0.2, 0.25) is 0 Å². The minimum atomic E-state index is -0.0205. The second kappa shape index (κ2) is 3.74. The molecule has 0 aliphatic rings. The molecular formula is C7H10AlBrN2O. The van der Waals surface area contributed by atoms with Crippen molar-refractivity contribution in [2.24, 2.45) is 0 Å². The molecule has 5 heteroatoms. The van der Waals surface area contributed by atoms with E-state index in [2.05, 4.69) is 21.0 Å². The smallest absolute Gasteiger partial charge is 0.337 e. The topological polar surface area (TPSA) is 34.9 Å². The van der Waals surface area contributed by atoms with Gasteiger partial charge < -0.3 is 3.67 Å². The largest absolute Gasteiger partial charge is 0.404 e. The molecule has 64 valence electrons. The molecular weight excluding hydrogens is 235 g/mol. The van der Waals surface area contributed by atoms with Crippen molar-refractivity contribution in [3.05, 3.63) is 26.6 Å². The van der Waals surface area contributed by atoms with E-state index in [0.29, 0.717) is 26.9 Å². The normalized spacial score (nSPS) is 10.7. The quantitative estimate of drug-likeness (QED) is 0.676. The fraction of sp³-hybridized carbons (Fsp3) is 0.429. The summed E-state index contributed by atoms with van der Waals surface area (Å²) in [5, 5.41) is 4.00. The Bertz CT molecular complexity index is 348. The van der Waals surface area contributed by atoms with Crippen molar-refractivity contribution < 1.29 is 0 Å². The molecule has 0 bridgehead atoms. The summed E-state index contributed by atoms with van der Waals surface area (Å²) < 4.78 is 2.11. The van der Waals surface area contributed by atoms with E-state index in [-0.39, 0.29) is 5.56 Å². The van der Waals surface area contributed by atoms with Crippen molar-refractivity contribution in [2.75, 3.05) is 0 Å². The number of nitrogens with zero attached hydrogens (tertiary/aromatic N) is 2. The van der Waals surface area contributed by atoms with Crippen molar-refractivity contribution in [3.8, 4) is 0 Å². The number of hydrogen-bond donors (Lipinski definition) is 0. The first-order chi connectivity index (χ1) is 5.54. The van der Waals surface area contributed by atoms with E-state index in [0.717, 1.165) is 5.56 Å². The first-order valence-corrected chi connectivity index (χ1v) is 5.44. The SMILES string of the molecule is CC(C)c1cn[n]([AlH2])c(=O)c1Br. The van der Waals surface area contributed by atoms with Gasteiger partial charge in [-0.05, 0) is 27.4 Å². The van der Waals surface area contributed by atoms with Gasteiger partial charge >= 0.3 is 16.5 Å². The van der Waals surface area contributed by atoms with E-state index >= 15 is 0 Å². The average Bonchev–Trinajstić information content (AvgIpc) is 2.00. The van der Waals surface area contributed by atoms with Crippen molar-refractivity contribution in [1.29, 1.82) is 0 Å². The zero-order valence-electron chi connectivity index (χ0n) is 7.34. The van der Waals surface area contributed by atoms with Crippen molar-refractivity contribution in [1.82, 2.24) is 8.76 Å². The summed E-state index contributed by atoms with van der Waals surface area (Å²) >= 11 is 3.91. The third kappa shape index (κ3) is 1.79. The van der Waals surface area contributed by atoms with Gasteiger partial charge in [0, 0.05) is 6.20 Å². The molecule has 0 saturated heterocycles. The van der Waals surface area contributed by atoms with Crippen LogP contribution in [0.3, 0.4) is 0 Å². The molecule has 0 atom stereocenters. The molecule has 0 spiro atoms. The molecule has 0 aromatic carbocycles. The van der Waals surface area contributed by atoms with Crippen molar-refractivity contribution in [2.45, 2.75) is 19.8 Å². The highest BCUT2D eigenvalue weighted by Gasteiger charge is 2.08. The molecule has 1 heterocycles. The summed E-state index contributed by atoms with van der Waals surface area (Å²) in [6.07, 6.45) is 1.75. The average molecular weight is 245 g/mol. The highest BCUT2D eigenvalue weighted by Crippen LogP contribution is 2.19. The Labute approximate surface area is 87.6 Å². The third-order valence-corrected chi connectivity index (χ3v) is 3.16. The first-order valence-electron chi connectivity index (χ1n) is 3.75. The maximum absolute atomic E-state index is 11.4. The molecule has 1 aromatic heterocycles. The van der Waals surface area contributed by atoms with Gasteiger partial charge in [-0.25, -0.2) is 5.10 Å². The molecule has 3 nitrogen and oxygen atoms in total. The maximum atomic E-state index is 11.4. The van der Waals surface area contributed by atoms with Crippen LogP contribution in [0, 0.1) is 0 Å². The molecule has 12 heavy (non-hydrogen) atoms. The van der Waals surface area contributed by atoms with Crippen LogP contribution in [-0.2, 0) is 0 Å². The lowest BCUT2D eigenvalue weighted by atomic mass is 10.1. The fourth-order valence-electron chi connectivity index (χ4n) is 0.926. The van der Waals surface area contributed by atoms with Crippen LogP contribution in [0.5, 0.6) is 0 Å². The third-order valence-electron chi connectivity index (χ3n) is 1.73. The van der Waals surface area contributed by atoms with Crippen LogP contribution in [-0.4, -0.2) is 25.3 Å². The van der Waals surface area contributed by atoms with E-state index in [1.807, 2.05) is 13.8 Å². The predicted molar refractivity (Wildman–Crippen MR) is 54.2 cm³/mol. The van der Waals surface area contributed by atoms with Crippen LogP contribution < -0.4 is 5.56 Å². The standard InChI is InChI=1S/C7H9BrN2O.Al.2H/c1-4(2)5-3-9-10-7(11)6(5)8;;;/h3-4H,1-2H3,(H,10,11);;;/q;+1;;/p-1. The summed E-state index contributed by atoms with van der Waals surface area (Å²) in [5.74, 6) is 0.336. The fourth-order valence-corrected chi connectivity index (χ4v) is 2.41. The zero-order valence-corrected chi connectivity index (χ0v) is 10.9. The maximum Gasteiger partial charge on any atom is 0.404 e. The molecule has 1 aromatic rings. The lowest BCUT2D eigenvalue weighted by Crippen LogP contribution is -2.23. The van der Waals surface area contributed by atoms with Crippen LogP contribution in [0.15, 0.2) is 15.5 Å². The van der Waals surface area contributed by atoms with Crippen LogP contribution in [0.1, 0.15) is 25.3 Å². The highest BCUT2D eigenvalue weighted by molar-refractivity contribution is 9.10. The molecule has 1 rings (SSSR count). The molecule has 0 radical (unpaired) electrons. The second-order valence-corrected chi connectivity index (χ2v) is 4.64. The van der Waals surface area contributed by atoms with Crippen LogP contribution in [0.2, 0.25) is 0 Å². The minimum absolute atomic E-state index is 0.0205. The Balaban J connectivity index is 3.37.